The van der Waals surface area contributed by atoms with Crippen molar-refractivity contribution < 1.29 is 0 Å². The lowest BCUT2D eigenvalue weighted by Crippen LogP contribution is -2.63. The predicted octanol–water partition coefficient (Wildman–Crippen LogP) is 1.96. The molecule has 0 spiro atoms. The van der Waals surface area contributed by atoms with Gasteiger partial charge in [0, 0.05) is 68.3 Å². The number of fused-ring (bicyclic) bond motifs is 2. The van der Waals surface area contributed by atoms with Crippen LogP contribution in [0, 0.1) is 5.92 Å². The molecule has 0 aromatic carbocycles. The van der Waals surface area contributed by atoms with Gasteiger partial charge in [0.1, 0.15) is 0 Å². The van der Waals surface area contributed by atoms with Gasteiger partial charge in [-0.2, -0.15) is 0 Å². The number of rotatable bonds is 6. The van der Waals surface area contributed by atoms with E-state index in [1.165, 1.54) is 52.0 Å². The van der Waals surface area contributed by atoms with E-state index >= 15 is 0 Å². The van der Waals surface area contributed by atoms with Crippen molar-refractivity contribution in [1.82, 2.24) is 19.6 Å². The smallest absolute Gasteiger partial charge is 0.0376 e. The highest BCUT2D eigenvalue weighted by molar-refractivity contribution is 5.05. The third kappa shape index (κ3) is 2.84. The second kappa shape index (κ2) is 6.53. The van der Waals surface area contributed by atoms with E-state index in [-0.39, 0.29) is 0 Å². The van der Waals surface area contributed by atoms with Crippen LogP contribution in [0.5, 0.6) is 0 Å². The van der Waals surface area contributed by atoms with Gasteiger partial charge in [-0.3, -0.25) is 14.7 Å². The molecule has 4 nitrogen and oxygen atoms in total. The van der Waals surface area contributed by atoms with Crippen LogP contribution in [-0.4, -0.2) is 95.6 Å². The van der Waals surface area contributed by atoms with Gasteiger partial charge >= 0.3 is 0 Å². The van der Waals surface area contributed by atoms with Crippen molar-refractivity contribution in [2.45, 2.75) is 83.2 Å². The van der Waals surface area contributed by atoms with Gasteiger partial charge in [0.05, 0.1) is 0 Å². The van der Waals surface area contributed by atoms with Gasteiger partial charge in [-0.25, -0.2) is 0 Å². The molecule has 4 rings (SSSR count). The Bertz CT molecular complexity index is 453. The van der Waals surface area contributed by atoms with Gasteiger partial charge < -0.3 is 4.90 Å². The van der Waals surface area contributed by atoms with Gasteiger partial charge in [0.25, 0.3) is 0 Å². The molecule has 0 saturated carbocycles. The van der Waals surface area contributed by atoms with Crippen LogP contribution in [0.1, 0.15) is 47.0 Å². The van der Waals surface area contributed by atoms with E-state index in [1.54, 1.807) is 0 Å². The lowest BCUT2D eigenvalue weighted by Gasteiger charge is -2.49. The summed E-state index contributed by atoms with van der Waals surface area (Å²) in [5, 5.41) is 0. The van der Waals surface area contributed by atoms with Crippen molar-refractivity contribution in [3.63, 3.8) is 0 Å². The standard InChI is InChI=1S/C20H38N4/c1-14(2)23-11-17-10-22(12-19(17)23)15(3)6-7-16(4)24-13-20-18(24)8-9-21(20)5/h14-20H,6-13H2,1-5H3. The zero-order chi connectivity index (χ0) is 17.0. The van der Waals surface area contributed by atoms with E-state index < -0.39 is 0 Å². The van der Waals surface area contributed by atoms with Crippen molar-refractivity contribution in [3.8, 4) is 0 Å². The minimum Gasteiger partial charge on any atom is -0.301 e. The predicted molar refractivity (Wildman–Crippen MR) is 100 cm³/mol. The summed E-state index contributed by atoms with van der Waals surface area (Å²) in [5.74, 6) is 0.956. The Morgan fingerprint density at radius 2 is 1.54 bits per heavy atom. The van der Waals surface area contributed by atoms with E-state index in [2.05, 4.69) is 54.3 Å². The molecule has 4 fully saturated rings. The molecule has 4 aliphatic rings. The fourth-order valence-electron chi connectivity index (χ4n) is 5.85. The summed E-state index contributed by atoms with van der Waals surface area (Å²) in [6.07, 6.45) is 4.13. The van der Waals surface area contributed by atoms with E-state index in [1.807, 2.05) is 0 Å². The van der Waals surface area contributed by atoms with Gasteiger partial charge in [-0.15, -0.1) is 0 Å². The average Bonchev–Trinajstić information content (AvgIpc) is 2.94. The summed E-state index contributed by atoms with van der Waals surface area (Å²) in [7, 11) is 2.30. The molecule has 4 heterocycles. The Morgan fingerprint density at radius 3 is 2.25 bits per heavy atom. The Labute approximate surface area is 149 Å². The molecule has 138 valence electrons. The fraction of sp³-hybridized carbons (Fsp3) is 1.00. The van der Waals surface area contributed by atoms with Crippen molar-refractivity contribution >= 4 is 0 Å². The topological polar surface area (TPSA) is 13.0 Å². The first-order valence-electron chi connectivity index (χ1n) is 10.4. The third-order valence-corrected chi connectivity index (χ3v) is 7.77. The van der Waals surface area contributed by atoms with E-state index in [0.29, 0.717) is 0 Å². The SMILES string of the molecule is CC(CCC(C)N1CC2C1CCN2C)N1CC2CN(C(C)C)C2C1. The minimum absolute atomic E-state index is 0.727. The molecule has 6 atom stereocenters. The van der Waals surface area contributed by atoms with Crippen LogP contribution in [0.15, 0.2) is 0 Å². The molecule has 0 aromatic rings. The van der Waals surface area contributed by atoms with Crippen LogP contribution >= 0.6 is 0 Å². The number of likely N-dealkylation sites (tertiary alicyclic amines) is 4. The quantitative estimate of drug-likeness (QED) is 0.736. The summed E-state index contributed by atoms with van der Waals surface area (Å²) in [6.45, 7) is 16.3. The van der Waals surface area contributed by atoms with Gasteiger partial charge in [-0.05, 0) is 60.5 Å². The summed E-state index contributed by atoms with van der Waals surface area (Å²) in [5.41, 5.74) is 0. The first-order valence-corrected chi connectivity index (χ1v) is 10.4. The van der Waals surface area contributed by atoms with Gasteiger partial charge in [0.2, 0.25) is 0 Å². The molecule has 0 bridgehead atoms. The normalized spacial score (nSPS) is 40.2. The Balaban J connectivity index is 1.21. The van der Waals surface area contributed by atoms with Crippen molar-refractivity contribution in [3.05, 3.63) is 0 Å². The molecular formula is C20H38N4. The molecule has 0 N–H and O–H groups in total. The maximum Gasteiger partial charge on any atom is 0.0376 e. The third-order valence-electron chi connectivity index (χ3n) is 7.77. The second-order valence-corrected chi connectivity index (χ2v) is 9.45. The van der Waals surface area contributed by atoms with Crippen molar-refractivity contribution in [2.24, 2.45) is 5.92 Å². The van der Waals surface area contributed by atoms with Crippen LogP contribution in [0.4, 0.5) is 0 Å². The highest BCUT2D eigenvalue weighted by Gasteiger charge is 2.48. The Morgan fingerprint density at radius 1 is 0.792 bits per heavy atom. The first-order chi connectivity index (χ1) is 11.5. The lowest BCUT2D eigenvalue weighted by molar-refractivity contribution is -0.00404. The molecule has 4 aliphatic heterocycles. The van der Waals surface area contributed by atoms with Crippen LogP contribution < -0.4 is 0 Å². The Hall–Kier alpha value is -0.160. The van der Waals surface area contributed by atoms with Crippen molar-refractivity contribution in [1.29, 1.82) is 0 Å². The zero-order valence-corrected chi connectivity index (χ0v) is 16.5. The summed E-state index contributed by atoms with van der Waals surface area (Å²) >= 11 is 0. The molecule has 4 saturated heterocycles. The molecule has 0 aliphatic carbocycles. The lowest BCUT2D eigenvalue weighted by atomic mass is 9.90. The number of hydrogen-bond donors (Lipinski definition) is 0. The largest absolute Gasteiger partial charge is 0.301 e. The van der Waals surface area contributed by atoms with Gasteiger partial charge in [0.15, 0.2) is 0 Å². The summed E-state index contributed by atoms with van der Waals surface area (Å²) in [4.78, 5) is 10.8. The molecule has 0 amide bonds. The van der Waals surface area contributed by atoms with E-state index in [4.69, 9.17) is 0 Å². The average molecular weight is 335 g/mol. The molecule has 0 radical (unpaired) electrons. The summed E-state index contributed by atoms with van der Waals surface area (Å²) in [6, 6.07) is 4.84. The maximum absolute atomic E-state index is 2.79. The van der Waals surface area contributed by atoms with E-state index in [9.17, 15) is 0 Å². The highest BCUT2D eigenvalue weighted by Crippen LogP contribution is 2.36. The molecular weight excluding hydrogens is 296 g/mol. The van der Waals surface area contributed by atoms with Crippen molar-refractivity contribution in [2.75, 3.05) is 39.8 Å². The zero-order valence-electron chi connectivity index (χ0n) is 16.5. The molecule has 6 unspecified atom stereocenters. The van der Waals surface area contributed by atoms with Crippen LogP contribution in [-0.2, 0) is 0 Å². The highest BCUT2D eigenvalue weighted by atomic mass is 15.4. The fourth-order valence-corrected chi connectivity index (χ4v) is 5.85. The Kier molecular flexibility index (Phi) is 4.70. The molecule has 0 aromatic heterocycles. The number of nitrogens with zero attached hydrogens (tertiary/aromatic N) is 4. The molecule has 4 heteroatoms. The van der Waals surface area contributed by atoms with Crippen LogP contribution in [0.2, 0.25) is 0 Å². The maximum atomic E-state index is 2.79. The summed E-state index contributed by atoms with van der Waals surface area (Å²) < 4.78 is 0. The van der Waals surface area contributed by atoms with Crippen LogP contribution in [0.25, 0.3) is 0 Å². The monoisotopic (exact) mass is 334 g/mol. The van der Waals surface area contributed by atoms with Gasteiger partial charge in [-0.1, -0.05) is 0 Å². The molecule has 24 heavy (non-hydrogen) atoms. The number of hydrogen-bond acceptors (Lipinski definition) is 4. The first kappa shape index (κ1) is 17.3. The van der Waals surface area contributed by atoms with Crippen LogP contribution in [0.3, 0.4) is 0 Å². The second-order valence-electron chi connectivity index (χ2n) is 9.45. The minimum atomic E-state index is 0.727. The number of likely N-dealkylation sites (N-methyl/N-ethyl adjacent to an activating group) is 1. The van der Waals surface area contributed by atoms with E-state index in [0.717, 1.165) is 42.2 Å².